The highest BCUT2D eigenvalue weighted by Gasteiger charge is 2.04. The normalized spacial score (nSPS) is 10.6. The van der Waals surface area contributed by atoms with Gasteiger partial charge in [0.15, 0.2) is 0 Å². The van der Waals surface area contributed by atoms with Crippen LogP contribution >= 0.6 is 11.5 Å². The minimum Gasteiger partial charge on any atom is -0.383 e. The van der Waals surface area contributed by atoms with Crippen LogP contribution in [-0.2, 0) is 0 Å². The fourth-order valence-corrected chi connectivity index (χ4v) is 2.35. The van der Waals surface area contributed by atoms with Crippen LogP contribution in [0.25, 0.3) is 0 Å². The standard InChI is InChI=1S/C12H23N3S/c1-3-4-5-6-7-8-9-14-12-10(2)11(13)15-16-12/h14H,3-9H2,1-2H3,(H2,13,15). The fraction of sp³-hybridized carbons (Fsp3) is 0.750. The monoisotopic (exact) mass is 241 g/mol. The van der Waals surface area contributed by atoms with E-state index in [-0.39, 0.29) is 0 Å². The Morgan fingerprint density at radius 2 is 1.88 bits per heavy atom. The van der Waals surface area contributed by atoms with Crippen LogP contribution in [-0.4, -0.2) is 10.9 Å². The number of nitrogen functional groups attached to an aromatic ring is 1. The third-order valence-electron chi connectivity index (χ3n) is 2.78. The Bertz CT molecular complexity index is 296. The molecule has 92 valence electrons. The lowest BCUT2D eigenvalue weighted by Gasteiger charge is -2.04. The third kappa shape index (κ3) is 4.39. The highest BCUT2D eigenvalue weighted by atomic mass is 32.1. The van der Waals surface area contributed by atoms with Gasteiger partial charge in [-0.25, -0.2) is 0 Å². The van der Waals surface area contributed by atoms with Gasteiger partial charge in [0.2, 0.25) is 0 Å². The van der Waals surface area contributed by atoms with E-state index >= 15 is 0 Å². The molecular weight excluding hydrogens is 218 g/mol. The second kappa shape index (κ2) is 7.49. The fourth-order valence-electron chi connectivity index (χ4n) is 1.62. The summed E-state index contributed by atoms with van der Waals surface area (Å²) in [5.41, 5.74) is 6.78. The predicted octanol–water partition coefficient (Wildman–Crippen LogP) is 3.81. The van der Waals surface area contributed by atoms with Crippen LogP contribution < -0.4 is 11.1 Å². The Balaban J connectivity index is 2.05. The Hall–Kier alpha value is -0.770. The van der Waals surface area contributed by atoms with Gasteiger partial charge < -0.3 is 11.1 Å². The Morgan fingerprint density at radius 1 is 1.19 bits per heavy atom. The van der Waals surface area contributed by atoms with Gasteiger partial charge in [0.25, 0.3) is 0 Å². The van der Waals surface area contributed by atoms with Crippen LogP contribution in [0.4, 0.5) is 10.8 Å². The maximum absolute atomic E-state index is 5.69. The molecule has 0 saturated heterocycles. The number of unbranched alkanes of at least 4 members (excludes halogenated alkanes) is 5. The molecule has 3 N–H and O–H groups in total. The van der Waals surface area contributed by atoms with Crippen LogP contribution in [0, 0.1) is 6.92 Å². The molecule has 0 spiro atoms. The number of nitrogens with zero attached hydrogens (tertiary/aromatic N) is 1. The summed E-state index contributed by atoms with van der Waals surface area (Å²) < 4.78 is 4.11. The van der Waals surface area contributed by atoms with Crippen LogP contribution in [0.2, 0.25) is 0 Å². The van der Waals surface area contributed by atoms with Gasteiger partial charge in [0.1, 0.15) is 10.8 Å². The molecule has 0 bridgehead atoms. The molecule has 16 heavy (non-hydrogen) atoms. The van der Waals surface area contributed by atoms with E-state index in [1.165, 1.54) is 50.1 Å². The lowest BCUT2D eigenvalue weighted by atomic mass is 10.1. The summed E-state index contributed by atoms with van der Waals surface area (Å²) in [6.45, 7) is 5.30. The SMILES string of the molecule is CCCCCCCCNc1snc(N)c1C. The minimum absolute atomic E-state index is 0.662. The first-order chi connectivity index (χ1) is 7.75. The van der Waals surface area contributed by atoms with Gasteiger partial charge in [-0.05, 0) is 24.9 Å². The quantitative estimate of drug-likeness (QED) is 0.680. The molecule has 0 radical (unpaired) electrons. The van der Waals surface area contributed by atoms with Crippen molar-refractivity contribution in [2.75, 3.05) is 17.6 Å². The summed E-state index contributed by atoms with van der Waals surface area (Å²) in [7, 11) is 0. The summed E-state index contributed by atoms with van der Waals surface area (Å²) in [5, 5.41) is 4.53. The first kappa shape index (κ1) is 13.3. The van der Waals surface area contributed by atoms with Crippen molar-refractivity contribution in [1.29, 1.82) is 0 Å². The highest BCUT2D eigenvalue weighted by molar-refractivity contribution is 7.10. The van der Waals surface area contributed by atoms with E-state index in [1.54, 1.807) is 0 Å². The number of hydrogen-bond donors (Lipinski definition) is 2. The predicted molar refractivity (Wildman–Crippen MR) is 73.1 cm³/mol. The Morgan fingerprint density at radius 3 is 2.50 bits per heavy atom. The second-order valence-corrected chi connectivity index (χ2v) is 4.99. The van der Waals surface area contributed by atoms with Gasteiger partial charge >= 0.3 is 0 Å². The van der Waals surface area contributed by atoms with E-state index in [0.29, 0.717) is 5.82 Å². The smallest absolute Gasteiger partial charge is 0.142 e. The van der Waals surface area contributed by atoms with Gasteiger partial charge in [-0.3, -0.25) is 0 Å². The summed E-state index contributed by atoms with van der Waals surface area (Å²) in [4.78, 5) is 0. The Kier molecular flexibility index (Phi) is 6.23. The third-order valence-corrected chi connectivity index (χ3v) is 3.70. The first-order valence-corrected chi connectivity index (χ1v) is 6.98. The van der Waals surface area contributed by atoms with Crippen molar-refractivity contribution >= 4 is 22.4 Å². The first-order valence-electron chi connectivity index (χ1n) is 6.21. The van der Waals surface area contributed by atoms with Crippen LogP contribution in [0.3, 0.4) is 0 Å². The largest absolute Gasteiger partial charge is 0.383 e. The molecule has 0 aliphatic heterocycles. The topological polar surface area (TPSA) is 50.9 Å². The summed E-state index contributed by atoms with van der Waals surface area (Å²) in [6.07, 6.45) is 7.99. The van der Waals surface area contributed by atoms with Crippen molar-refractivity contribution < 1.29 is 0 Å². The number of nitrogens with one attached hydrogen (secondary N) is 1. The van der Waals surface area contributed by atoms with E-state index in [0.717, 1.165) is 17.1 Å². The number of aromatic nitrogens is 1. The molecule has 0 saturated carbocycles. The average Bonchev–Trinajstić information content (AvgIpc) is 2.59. The van der Waals surface area contributed by atoms with Gasteiger partial charge in [-0.2, -0.15) is 4.37 Å². The number of anilines is 2. The molecule has 1 aromatic rings. The molecule has 0 unspecified atom stereocenters. The molecule has 0 aromatic carbocycles. The van der Waals surface area contributed by atoms with Crippen molar-refractivity contribution in [1.82, 2.24) is 4.37 Å². The molecule has 3 nitrogen and oxygen atoms in total. The molecule has 0 aliphatic carbocycles. The van der Waals surface area contributed by atoms with Crippen molar-refractivity contribution in [2.45, 2.75) is 52.4 Å². The maximum atomic E-state index is 5.69. The second-order valence-electron chi connectivity index (χ2n) is 4.22. The molecule has 0 amide bonds. The van der Waals surface area contributed by atoms with Gasteiger partial charge in [-0.1, -0.05) is 39.0 Å². The molecule has 0 atom stereocenters. The number of hydrogen-bond acceptors (Lipinski definition) is 4. The van der Waals surface area contributed by atoms with Gasteiger partial charge in [0.05, 0.1) is 0 Å². The van der Waals surface area contributed by atoms with Crippen LogP contribution in [0.15, 0.2) is 0 Å². The van der Waals surface area contributed by atoms with Gasteiger partial charge in [-0.15, -0.1) is 0 Å². The maximum Gasteiger partial charge on any atom is 0.142 e. The molecule has 4 heteroatoms. The summed E-state index contributed by atoms with van der Waals surface area (Å²) >= 11 is 1.46. The van der Waals surface area contributed by atoms with Crippen LogP contribution in [0.1, 0.15) is 51.0 Å². The van der Waals surface area contributed by atoms with E-state index < -0.39 is 0 Å². The summed E-state index contributed by atoms with van der Waals surface area (Å²) in [5.74, 6) is 0.662. The Labute approximate surface area is 103 Å². The van der Waals surface area contributed by atoms with Gasteiger partial charge in [0, 0.05) is 12.1 Å². The number of nitrogens with two attached hydrogens (primary N) is 1. The van der Waals surface area contributed by atoms with E-state index in [9.17, 15) is 0 Å². The van der Waals surface area contributed by atoms with Crippen molar-refractivity contribution in [3.05, 3.63) is 5.56 Å². The molecule has 1 heterocycles. The molecule has 1 rings (SSSR count). The lowest BCUT2D eigenvalue weighted by molar-refractivity contribution is 0.617. The van der Waals surface area contributed by atoms with Crippen molar-refractivity contribution in [2.24, 2.45) is 0 Å². The molecular formula is C12H23N3S. The highest BCUT2D eigenvalue weighted by Crippen LogP contribution is 2.25. The van der Waals surface area contributed by atoms with E-state index in [4.69, 9.17) is 5.73 Å². The summed E-state index contributed by atoms with van der Waals surface area (Å²) in [6, 6.07) is 0. The average molecular weight is 241 g/mol. The number of rotatable bonds is 8. The zero-order valence-electron chi connectivity index (χ0n) is 10.4. The van der Waals surface area contributed by atoms with Crippen molar-refractivity contribution in [3.8, 4) is 0 Å². The lowest BCUT2D eigenvalue weighted by Crippen LogP contribution is -2.01. The van der Waals surface area contributed by atoms with E-state index in [1.807, 2.05) is 6.92 Å². The molecule has 1 aromatic heterocycles. The zero-order valence-corrected chi connectivity index (χ0v) is 11.2. The van der Waals surface area contributed by atoms with E-state index in [2.05, 4.69) is 16.6 Å². The minimum atomic E-state index is 0.662. The zero-order chi connectivity index (χ0) is 11.8. The molecule has 0 fully saturated rings. The van der Waals surface area contributed by atoms with Crippen molar-refractivity contribution in [3.63, 3.8) is 0 Å². The molecule has 0 aliphatic rings. The van der Waals surface area contributed by atoms with Crippen LogP contribution in [0.5, 0.6) is 0 Å².